The van der Waals surface area contributed by atoms with Crippen molar-refractivity contribution in [3.63, 3.8) is 0 Å². The molecule has 32 heavy (non-hydrogen) atoms. The third kappa shape index (κ3) is 17.0. The van der Waals surface area contributed by atoms with Crippen LogP contribution in [0.15, 0.2) is 0 Å². The first-order valence-corrected chi connectivity index (χ1v) is 14.6. The van der Waals surface area contributed by atoms with Gasteiger partial charge in [-0.15, -0.1) is 0 Å². The standard InChI is InChI=1S/C20H40O10P2/c1-5-12-27-31(23,29-17-19(4)21)15-10-8-9-11-16-32(24,28-14-13-25-6-2)30-18-20(22)26-7-3/h5-18H2,1-4H3. The Morgan fingerprint density at radius 1 is 0.688 bits per heavy atom. The molecule has 0 aliphatic heterocycles. The van der Waals surface area contributed by atoms with E-state index < -0.39 is 27.8 Å². The summed E-state index contributed by atoms with van der Waals surface area (Å²) in [5.74, 6) is -0.817. The summed E-state index contributed by atoms with van der Waals surface area (Å²) in [6.45, 7) is 7.49. The van der Waals surface area contributed by atoms with Gasteiger partial charge in [0, 0.05) is 6.61 Å². The Morgan fingerprint density at radius 2 is 1.25 bits per heavy atom. The summed E-state index contributed by atoms with van der Waals surface area (Å²) >= 11 is 0. The molecule has 0 heterocycles. The van der Waals surface area contributed by atoms with Gasteiger partial charge in [0.05, 0.1) is 38.8 Å². The number of hydrogen-bond acceptors (Lipinski definition) is 10. The van der Waals surface area contributed by atoms with Gasteiger partial charge in [0.1, 0.15) is 6.61 Å². The fraction of sp³-hybridized carbons (Fsp3) is 0.900. The normalized spacial score (nSPS) is 15.1. The molecule has 2 unspecified atom stereocenters. The van der Waals surface area contributed by atoms with Crippen LogP contribution in [0.2, 0.25) is 0 Å². The van der Waals surface area contributed by atoms with Gasteiger partial charge in [-0.2, -0.15) is 0 Å². The molecule has 0 radical (unpaired) electrons. The van der Waals surface area contributed by atoms with Crippen LogP contribution in [0.25, 0.3) is 0 Å². The highest BCUT2D eigenvalue weighted by Gasteiger charge is 2.27. The Morgan fingerprint density at radius 3 is 1.75 bits per heavy atom. The van der Waals surface area contributed by atoms with E-state index in [2.05, 4.69) is 0 Å². The number of Topliss-reactive ketones (excluding diaryl/α,β-unsaturated/α-hetero) is 1. The molecular weight excluding hydrogens is 462 g/mol. The van der Waals surface area contributed by atoms with Gasteiger partial charge < -0.3 is 23.0 Å². The Balaban J connectivity index is 4.49. The van der Waals surface area contributed by atoms with E-state index in [-0.39, 0.29) is 44.5 Å². The van der Waals surface area contributed by atoms with E-state index in [4.69, 9.17) is 27.6 Å². The maximum absolute atomic E-state index is 12.9. The van der Waals surface area contributed by atoms with Gasteiger partial charge in [0.15, 0.2) is 12.4 Å². The van der Waals surface area contributed by atoms with Crippen LogP contribution in [0.5, 0.6) is 0 Å². The molecule has 0 saturated heterocycles. The molecule has 0 rings (SSSR count). The molecule has 190 valence electrons. The largest absolute Gasteiger partial charge is 0.464 e. The molecule has 0 saturated carbocycles. The van der Waals surface area contributed by atoms with Gasteiger partial charge in [0.25, 0.3) is 0 Å². The molecule has 0 aromatic carbocycles. The van der Waals surface area contributed by atoms with Crippen molar-refractivity contribution in [2.24, 2.45) is 0 Å². The zero-order valence-electron chi connectivity index (χ0n) is 19.9. The first kappa shape index (κ1) is 31.4. The number of ether oxygens (including phenoxy) is 2. The second-order valence-electron chi connectivity index (χ2n) is 7.00. The van der Waals surface area contributed by atoms with Gasteiger partial charge in [-0.25, -0.2) is 4.79 Å². The average molecular weight is 502 g/mol. The molecule has 10 nitrogen and oxygen atoms in total. The number of carbonyl (C=O) groups excluding carboxylic acids is 2. The summed E-state index contributed by atoms with van der Waals surface area (Å²) in [5.41, 5.74) is 0. The molecule has 0 fully saturated rings. The number of carbonyl (C=O) groups is 2. The molecule has 0 aromatic heterocycles. The van der Waals surface area contributed by atoms with Crippen LogP contribution in [0, 0.1) is 0 Å². The minimum atomic E-state index is -3.48. The molecule has 0 aliphatic carbocycles. The summed E-state index contributed by atoms with van der Waals surface area (Å²) in [6.07, 6.45) is 3.52. The highest BCUT2D eigenvalue weighted by molar-refractivity contribution is 7.54. The number of hydrogen-bond donors (Lipinski definition) is 0. The van der Waals surface area contributed by atoms with Crippen molar-refractivity contribution in [2.75, 3.05) is 58.6 Å². The minimum absolute atomic E-state index is 0.0966. The summed E-state index contributed by atoms with van der Waals surface area (Å²) in [4.78, 5) is 22.7. The Labute approximate surface area is 192 Å². The summed E-state index contributed by atoms with van der Waals surface area (Å²) in [6, 6.07) is 0. The maximum Gasteiger partial charge on any atom is 0.332 e. The monoisotopic (exact) mass is 502 g/mol. The second-order valence-corrected chi connectivity index (χ2v) is 11.4. The van der Waals surface area contributed by atoms with E-state index >= 15 is 0 Å². The Kier molecular flexibility index (Phi) is 18.4. The van der Waals surface area contributed by atoms with E-state index in [1.807, 2.05) is 13.8 Å². The smallest absolute Gasteiger partial charge is 0.332 e. The quantitative estimate of drug-likeness (QED) is 0.118. The lowest BCUT2D eigenvalue weighted by atomic mass is 10.2. The SMILES string of the molecule is CCCOP(=O)(CCCCCCP(=O)(OCCOCC)OCC(=O)OCC)OCC(C)=O. The van der Waals surface area contributed by atoms with Crippen LogP contribution < -0.4 is 0 Å². The van der Waals surface area contributed by atoms with E-state index in [9.17, 15) is 18.7 Å². The van der Waals surface area contributed by atoms with Crippen molar-refractivity contribution in [3.8, 4) is 0 Å². The van der Waals surface area contributed by atoms with Crippen LogP contribution in [0.1, 0.15) is 59.8 Å². The van der Waals surface area contributed by atoms with Crippen LogP contribution in [0.3, 0.4) is 0 Å². The summed E-state index contributed by atoms with van der Waals surface area (Å²) in [5, 5.41) is 0. The van der Waals surface area contributed by atoms with Crippen molar-refractivity contribution < 1.29 is 46.3 Å². The van der Waals surface area contributed by atoms with Crippen molar-refractivity contribution in [1.82, 2.24) is 0 Å². The summed E-state index contributed by atoms with van der Waals surface area (Å²) < 4.78 is 56.9. The van der Waals surface area contributed by atoms with Gasteiger partial charge in [-0.05, 0) is 40.0 Å². The molecule has 0 aliphatic rings. The molecule has 0 spiro atoms. The number of ketones is 1. The Bertz CT molecular complexity index is 611. The van der Waals surface area contributed by atoms with E-state index in [1.54, 1.807) is 6.92 Å². The Hall–Kier alpha value is -0.600. The van der Waals surface area contributed by atoms with Crippen LogP contribution in [0.4, 0.5) is 0 Å². The fourth-order valence-electron chi connectivity index (χ4n) is 2.45. The number of unbranched alkanes of at least 4 members (excludes halogenated alkanes) is 3. The zero-order chi connectivity index (χ0) is 24.3. The van der Waals surface area contributed by atoms with Gasteiger partial charge in [-0.3, -0.25) is 18.4 Å². The first-order valence-electron chi connectivity index (χ1n) is 11.2. The fourth-order valence-corrected chi connectivity index (χ4v) is 5.83. The molecule has 0 N–H and O–H groups in total. The second kappa shape index (κ2) is 18.8. The highest BCUT2D eigenvalue weighted by atomic mass is 31.2. The van der Waals surface area contributed by atoms with Crippen molar-refractivity contribution in [2.45, 2.75) is 59.8 Å². The van der Waals surface area contributed by atoms with E-state index in [0.29, 0.717) is 45.3 Å². The summed E-state index contributed by atoms with van der Waals surface area (Å²) in [7, 11) is -6.79. The molecule has 0 aromatic rings. The van der Waals surface area contributed by atoms with Crippen LogP contribution in [-0.2, 0) is 46.3 Å². The van der Waals surface area contributed by atoms with Gasteiger partial charge in [-0.1, -0.05) is 19.8 Å². The van der Waals surface area contributed by atoms with Crippen molar-refractivity contribution in [3.05, 3.63) is 0 Å². The average Bonchev–Trinajstić information content (AvgIpc) is 2.75. The molecule has 2 atom stereocenters. The molecular formula is C20H40O10P2. The van der Waals surface area contributed by atoms with Crippen LogP contribution in [-0.4, -0.2) is 70.3 Å². The molecule has 12 heteroatoms. The predicted octanol–water partition coefficient (Wildman–Crippen LogP) is 4.60. The first-order chi connectivity index (χ1) is 15.2. The third-order valence-electron chi connectivity index (χ3n) is 3.97. The van der Waals surface area contributed by atoms with Crippen molar-refractivity contribution in [1.29, 1.82) is 0 Å². The molecule has 0 amide bonds. The third-order valence-corrected chi connectivity index (χ3v) is 7.90. The van der Waals surface area contributed by atoms with Crippen molar-refractivity contribution >= 4 is 26.9 Å². The zero-order valence-corrected chi connectivity index (χ0v) is 21.7. The lowest BCUT2D eigenvalue weighted by molar-refractivity contribution is -0.145. The lowest BCUT2D eigenvalue weighted by Crippen LogP contribution is -2.14. The van der Waals surface area contributed by atoms with Crippen LogP contribution >= 0.6 is 15.2 Å². The highest BCUT2D eigenvalue weighted by Crippen LogP contribution is 2.50. The molecule has 0 bridgehead atoms. The topological polar surface area (TPSA) is 124 Å². The lowest BCUT2D eigenvalue weighted by Gasteiger charge is -2.19. The number of rotatable bonds is 22. The minimum Gasteiger partial charge on any atom is -0.464 e. The predicted molar refractivity (Wildman–Crippen MR) is 121 cm³/mol. The number of esters is 1. The maximum atomic E-state index is 12.9. The van der Waals surface area contributed by atoms with E-state index in [0.717, 1.165) is 0 Å². The van der Waals surface area contributed by atoms with E-state index in [1.165, 1.54) is 6.92 Å². The van der Waals surface area contributed by atoms with Gasteiger partial charge >= 0.3 is 21.2 Å². The van der Waals surface area contributed by atoms with Gasteiger partial charge in [0.2, 0.25) is 0 Å².